The fourth-order valence-corrected chi connectivity index (χ4v) is 6.60. The molecule has 1 saturated carbocycles. The van der Waals surface area contributed by atoms with Gasteiger partial charge in [0.1, 0.15) is 12.1 Å². The summed E-state index contributed by atoms with van der Waals surface area (Å²) in [6.07, 6.45) is 9.73. The number of aromatic nitrogens is 4. The van der Waals surface area contributed by atoms with Gasteiger partial charge in [0.15, 0.2) is 0 Å². The number of anilines is 3. The lowest BCUT2D eigenvalue weighted by Gasteiger charge is -2.32. The Balaban J connectivity index is 0.974. The lowest BCUT2D eigenvalue weighted by Crippen LogP contribution is -2.42. The number of imidazole rings is 1. The summed E-state index contributed by atoms with van der Waals surface area (Å²) in [5.74, 6) is 1.69. The molecule has 4 amide bonds. The fourth-order valence-electron chi connectivity index (χ4n) is 6.60. The van der Waals surface area contributed by atoms with Crippen LogP contribution in [0.4, 0.5) is 26.9 Å². The highest BCUT2D eigenvalue weighted by atomic mass is 16.2. The van der Waals surface area contributed by atoms with Gasteiger partial charge in [-0.3, -0.25) is 9.47 Å². The van der Waals surface area contributed by atoms with Crippen LogP contribution in [-0.4, -0.2) is 68.2 Å². The molecule has 42 heavy (non-hydrogen) atoms. The summed E-state index contributed by atoms with van der Waals surface area (Å²) >= 11 is 0. The first-order valence-corrected chi connectivity index (χ1v) is 14.9. The van der Waals surface area contributed by atoms with E-state index in [1.807, 2.05) is 69.0 Å². The second-order valence-corrected chi connectivity index (χ2v) is 11.4. The maximum absolute atomic E-state index is 12.7. The van der Waals surface area contributed by atoms with Crippen molar-refractivity contribution in [3.05, 3.63) is 67.1 Å². The number of amides is 4. The highest BCUT2D eigenvalue weighted by Gasteiger charge is 2.42. The van der Waals surface area contributed by atoms with Crippen LogP contribution < -0.4 is 20.9 Å². The minimum Gasteiger partial charge on any atom is -0.354 e. The second kappa shape index (κ2) is 11.3. The van der Waals surface area contributed by atoms with Crippen LogP contribution in [0.25, 0.3) is 16.9 Å². The van der Waals surface area contributed by atoms with E-state index in [0.717, 1.165) is 86.4 Å². The van der Waals surface area contributed by atoms with E-state index in [4.69, 9.17) is 4.98 Å². The maximum atomic E-state index is 12.7. The molecule has 11 heteroatoms. The van der Waals surface area contributed by atoms with Gasteiger partial charge in [-0.05, 0) is 80.8 Å². The van der Waals surface area contributed by atoms with Gasteiger partial charge in [0.2, 0.25) is 5.95 Å². The van der Waals surface area contributed by atoms with Gasteiger partial charge in [-0.2, -0.15) is 4.98 Å². The van der Waals surface area contributed by atoms with E-state index in [2.05, 4.69) is 25.9 Å². The van der Waals surface area contributed by atoms with Gasteiger partial charge in [-0.15, -0.1) is 0 Å². The minimum absolute atomic E-state index is 0.0219. The van der Waals surface area contributed by atoms with Crippen molar-refractivity contribution in [2.45, 2.75) is 50.6 Å². The molecule has 4 aromatic rings. The predicted octanol–water partition coefficient (Wildman–Crippen LogP) is 5.01. The third-order valence-corrected chi connectivity index (χ3v) is 8.70. The van der Waals surface area contributed by atoms with Crippen LogP contribution in [0.3, 0.4) is 0 Å². The molecule has 2 saturated heterocycles. The summed E-state index contributed by atoms with van der Waals surface area (Å²) in [7, 11) is 0. The first kappa shape index (κ1) is 26.2. The topological polar surface area (TPSA) is 120 Å². The van der Waals surface area contributed by atoms with Crippen molar-refractivity contribution >= 4 is 40.4 Å². The van der Waals surface area contributed by atoms with Crippen LogP contribution in [-0.2, 0) is 0 Å². The Morgan fingerprint density at radius 3 is 2.83 bits per heavy atom. The smallest absolute Gasteiger partial charge is 0.322 e. The third-order valence-electron chi connectivity index (χ3n) is 8.70. The Morgan fingerprint density at radius 1 is 1.02 bits per heavy atom. The lowest BCUT2D eigenvalue weighted by molar-refractivity contribution is 0.175. The van der Waals surface area contributed by atoms with Crippen LogP contribution in [0.1, 0.15) is 38.5 Å². The zero-order valence-electron chi connectivity index (χ0n) is 23.4. The summed E-state index contributed by atoms with van der Waals surface area (Å²) in [5, 5.41) is 9.49. The number of likely N-dealkylation sites (tertiary alicyclic amines) is 1. The van der Waals surface area contributed by atoms with Crippen molar-refractivity contribution in [2.24, 2.45) is 5.92 Å². The van der Waals surface area contributed by atoms with Crippen LogP contribution in [0.2, 0.25) is 0 Å². The van der Waals surface area contributed by atoms with Crippen molar-refractivity contribution in [3.8, 4) is 5.82 Å². The highest BCUT2D eigenvalue weighted by Crippen LogP contribution is 2.34. The number of carbonyl (C=O) groups excluding carboxylic acids is 2. The Kier molecular flexibility index (Phi) is 7.06. The molecule has 11 nitrogen and oxygen atoms in total. The molecule has 4 heterocycles. The van der Waals surface area contributed by atoms with Gasteiger partial charge >= 0.3 is 12.1 Å². The van der Waals surface area contributed by atoms with Crippen molar-refractivity contribution in [1.82, 2.24) is 29.7 Å². The number of piperidine rings is 1. The largest absolute Gasteiger partial charge is 0.354 e. The van der Waals surface area contributed by atoms with Crippen LogP contribution >= 0.6 is 0 Å². The molecule has 3 aliphatic rings. The lowest BCUT2D eigenvalue weighted by atomic mass is 9.95. The summed E-state index contributed by atoms with van der Waals surface area (Å²) in [6.45, 7) is 2.24. The van der Waals surface area contributed by atoms with E-state index in [1.54, 1.807) is 12.5 Å². The molecule has 2 aromatic carbocycles. The average Bonchev–Trinajstić information content (AvgIpc) is 3.72. The molecule has 3 unspecified atom stereocenters. The van der Waals surface area contributed by atoms with Gasteiger partial charge in [0.05, 0.1) is 23.1 Å². The van der Waals surface area contributed by atoms with Gasteiger partial charge in [-0.1, -0.05) is 18.2 Å². The van der Waals surface area contributed by atoms with Gasteiger partial charge in [0.25, 0.3) is 0 Å². The summed E-state index contributed by atoms with van der Waals surface area (Å²) < 4.78 is 1.94. The molecule has 2 aliphatic heterocycles. The molecule has 3 N–H and O–H groups in total. The molecule has 7 rings (SSSR count). The molecule has 0 radical (unpaired) electrons. The maximum Gasteiger partial charge on any atom is 0.322 e. The first-order chi connectivity index (χ1) is 20.6. The van der Waals surface area contributed by atoms with Crippen LogP contribution in [0.15, 0.2) is 67.1 Å². The second-order valence-electron chi connectivity index (χ2n) is 11.4. The average molecular weight is 566 g/mol. The molecule has 0 spiro atoms. The molecule has 1 aliphatic carbocycles. The number of nitrogens with zero attached hydrogens (tertiary/aromatic N) is 6. The third kappa shape index (κ3) is 5.22. The van der Waals surface area contributed by atoms with Crippen molar-refractivity contribution in [1.29, 1.82) is 0 Å². The molecule has 216 valence electrons. The van der Waals surface area contributed by atoms with Gasteiger partial charge in [0, 0.05) is 37.2 Å². The van der Waals surface area contributed by atoms with Crippen LogP contribution in [0, 0.1) is 5.92 Å². The van der Waals surface area contributed by atoms with E-state index in [-0.39, 0.29) is 24.1 Å². The molecule has 0 bridgehead atoms. The summed E-state index contributed by atoms with van der Waals surface area (Å²) in [6, 6.07) is 17.8. The Bertz CT molecular complexity index is 1590. The number of para-hydroxylation sites is 1. The monoisotopic (exact) mass is 565 g/mol. The van der Waals surface area contributed by atoms with E-state index < -0.39 is 0 Å². The summed E-state index contributed by atoms with van der Waals surface area (Å²) in [5.41, 5.74) is 3.43. The quantitative estimate of drug-likeness (QED) is 0.290. The fraction of sp³-hybridized carbons (Fsp3) is 0.387. The number of rotatable bonds is 7. The Hall–Kier alpha value is -4.67. The highest BCUT2D eigenvalue weighted by molar-refractivity contribution is 5.97. The SMILES string of the molecule is O=C(Nc1ccccc1)N1CCCC(CCNc2nccc(-n3cnc4cc(N5C(=O)NC6CCCC65)ccc43)n2)C1. The van der Waals surface area contributed by atoms with Crippen molar-refractivity contribution < 1.29 is 9.59 Å². The number of urea groups is 2. The zero-order chi connectivity index (χ0) is 28.5. The molecule has 3 fully saturated rings. The number of carbonyl (C=O) groups is 2. The Labute approximate surface area is 244 Å². The predicted molar refractivity (Wildman–Crippen MR) is 162 cm³/mol. The number of fused-ring (bicyclic) bond motifs is 2. The Morgan fingerprint density at radius 2 is 1.93 bits per heavy atom. The van der Waals surface area contributed by atoms with E-state index in [0.29, 0.717) is 11.9 Å². The molecule has 3 atom stereocenters. The normalized spacial score (nSPS) is 21.8. The molecular weight excluding hydrogens is 530 g/mol. The van der Waals surface area contributed by atoms with Crippen LogP contribution in [0.5, 0.6) is 0 Å². The number of hydrogen-bond acceptors (Lipinski definition) is 6. The minimum atomic E-state index is -0.0407. The number of hydrogen-bond donors (Lipinski definition) is 3. The van der Waals surface area contributed by atoms with Crippen molar-refractivity contribution in [3.63, 3.8) is 0 Å². The van der Waals surface area contributed by atoms with E-state index in [1.165, 1.54) is 0 Å². The van der Waals surface area contributed by atoms with Gasteiger partial charge in [-0.25, -0.2) is 19.6 Å². The van der Waals surface area contributed by atoms with E-state index >= 15 is 0 Å². The molecule has 2 aromatic heterocycles. The van der Waals surface area contributed by atoms with Crippen molar-refractivity contribution in [2.75, 3.05) is 35.2 Å². The first-order valence-electron chi connectivity index (χ1n) is 14.9. The zero-order valence-corrected chi connectivity index (χ0v) is 23.4. The van der Waals surface area contributed by atoms with Gasteiger partial charge < -0.3 is 20.9 Å². The summed E-state index contributed by atoms with van der Waals surface area (Å²) in [4.78, 5) is 43.0. The number of nitrogens with one attached hydrogen (secondary N) is 3. The van der Waals surface area contributed by atoms with E-state index in [9.17, 15) is 9.59 Å². The molecular formula is C31H35N9O2. The number of benzene rings is 2. The standard InChI is InChI=1S/C31H35N9O2/c41-30(35-22-7-2-1-3-8-22)38-17-5-6-21(19-38)13-15-32-29-33-16-14-28(37-29)39-20-34-25-18-23(11-12-26(25)39)40-27-10-4-9-24(27)36-31(40)42/h1-3,7-8,11-12,14,16,18,20-21,24,27H,4-6,9-10,13,15,17,19H2,(H,35,41)(H,36,42)(H,32,33,37).